The number of para-hydroxylation sites is 1. The van der Waals surface area contributed by atoms with Gasteiger partial charge in [-0.3, -0.25) is 0 Å². The maximum absolute atomic E-state index is 10.8. The zero-order valence-corrected chi connectivity index (χ0v) is 13.7. The van der Waals surface area contributed by atoms with Crippen molar-refractivity contribution in [3.8, 4) is 5.88 Å². The molecule has 0 bridgehead atoms. The third-order valence-corrected chi connectivity index (χ3v) is 3.95. The molecule has 6 nitrogen and oxygen atoms in total. The first-order chi connectivity index (χ1) is 11.7. The minimum atomic E-state index is -1.02. The Kier molecular flexibility index (Phi) is 4.93. The maximum Gasteiger partial charge on any atom is 0.341 e. The lowest BCUT2D eigenvalue weighted by Crippen LogP contribution is -2.26. The summed E-state index contributed by atoms with van der Waals surface area (Å²) in [6, 6.07) is 9.97. The molecule has 1 aliphatic rings. The van der Waals surface area contributed by atoms with Gasteiger partial charge in [-0.1, -0.05) is 31.5 Å². The summed E-state index contributed by atoms with van der Waals surface area (Å²) < 4.78 is 5.30. The van der Waals surface area contributed by atoms with Crippen LogP contribution in [0, 0.1) is 0 Å². The van der Waals surface area contributed by atoms with E-state index in [1.165, 1.54) is 5.56 Å². The van der Waals surface area contributed by atoms with Crippen LogP contribution in [-0.2, 0) is 17.6 Å². The van der Waals surface area contributed by atoms with E-state index in [1.54, 1.807) is 6.07 Å². The molecule has 0 unspecified atom stereocenters. The van der Waals surface area contributed by atoms with E-state index in [-0.39, 0.29) is 0 Å². The first-order valence-corrected chi connectivity index (χ1v) is 8.25. The topological polar surface area (TPSA) is 75.6 Å². The van der Waals surface area contributed by atoms with Crippen molar-refractivity contribution in [2.75, 3.05) is 18.1 Å². The van der Waals surface area contributed by atoms with Crippen molar-refractivity contribution in [1.29, 1.82) is 0 Å². The fourth-order valence-corrected chi connectivity index (χ4v) is 2.91. The third-order valence-electron chi connectivity index (χ3n) is 3.95. The van der Waals surface area contributed by atoms with E-state index >= 15 is 0 Å². The smallest absolute Gasteiger partial charge is 0.341 e. The summed E-state index contributed by atoms with van der Waals surface area (Å²) in [5.41, 5.74) is 3.26. The molecule has 6 heteroatoms. The number of carboxylic acids is 1. The second-order valence-corrected chi connectivity index (χ2v) is 5.81. The van der Waals surface area contributed by atoms with E-state index in [0.717, 1.165) is 43.6 Å². The number of anilines is 2. The highest BCUT2D eigenvalue weighted by Gasteiger charge is 2.21. The molecule has 0 aliphatic carbocycles. The van der Waals surface area contributed by atoms with E-state index in [2.05, 4.69) is 33.9 Å². The second kappa shape index (κ2) is 7.29. The number of ether oxygens (including phenoxy) is 1. The molecule has 0 radical (unpaired) electrons. The van der Waals surface area contributed by atoms with Gasteiger partial charge in [-0.25, -0.2) is 9.78 Å². The van der Waals surface area contributed by atoms with Gasteiger partial charge >= 0.3 is 5.97 Å². The van der Waals surface area contributed by atoms with Gasteiger partial charge in [0.25, 0.3) is 0 Å². The van der Waals surface area contributed by atoms with E-state index in [1.807, 2.05) is 12.1 Å². The molecule has 0 atom stereocenters. The minimum absolute atomic E-state index is 0.314. The fraction of sp³-hybridized carbons (Fsp3) is 0.389. The Labute approximate surface area is 141 Å². The summed E-state index contributed by atoms with van der Waals surface area (Å²) in [5, 5.41) is 8.82. The molecule has 1 aromatic heterocycles. The largest absolute Gasteiger partial charge is 0.479 e. The number of nitrogens with zero attached hydrogens (tertiary/aromatic N) is 3. The molecule has 1 aromatic carbocycles. The van der Waals surface area contributed by atoms with Gasteiger partial charge in [0, 0.05) is 24.0 Å². The number of benzene rings is 1. The average Bonchev–Trinajstić information content (AvgIpc) is 2.59. The van der Waals surface area contributed by atoms with E-state index in [4.69, 9.17) is 9.84 Å². The predicted molar refractivity (Wildman–Crippen MR) is 90.9 cm³/mol. The molecule has 0 spiro atoms. The van der Waals surface area contributed by atoms with Crippen molar-refractivity contribution in [1.82, 2.24) is 9.97 Å². The molecule has 3 rings (SSSR count). The number of carbonyl (C=O) groups is 1. The standard InChI is InChI=1S/C18H21N3O3/c1-2-6-14-11-16(24-12-17(22)23)20-18(19-14)21-10-5-8-13-7-3-4-9-15(13)21/h3-4,7,9,11H,2,5-6,8,10,12H2,1H3,(H,22,23). The van der Waals surface area contributed by atoms with E-state index < -0.39 is 12.6 Å². The first-order valence-electron chi connectivity index (χ1n) is 8.25. The quantitative estimate of drug-likeness (QED) is 0.879. The molecule has 0 saturated carbocycles. The van der Waals surface area contributed by atoms with Crippen LogP contribution in [-0.4, -0.2) is 34.2 Å². The zero-order valence-electron chi connectivity index (χ0n) is 13.7. The van der Waals surface area contributed by atoms with Crippen LogP contribution >= 0.6 is 0 Å². The highest BCUT2D eigenvalue weighted by Crippen LogP contribution is 2.32. The number of hydrogen-bond acceptors (Lipinski definition) is 5. The van der Waals surface area contributed by atoms with Gasteiger partial charge in [-0.15, -0.1) is 0 Å². The summed E-state index contributed by atoms with van der Waals surface area (Å²) in [6.07, 6.45) is 3.83. The van der Waals surface area contributed by atoms with Crippen molar-refractivity contribution >= 4 is 17.6 Å². The van der Waals surface area contributed by atoms with Gasteiger partial charge in [0.2, 0.25) is 11.8 Å². The van der Waals surface area contributed by atoms with Crippen LogP contribution in [0.3, 0.4) is 0 Å². The van der Waals surface area contributed by atoms with Crippen LogP contribution < -0.4 is 9.64 Å². The van der Waals surface area contributed by atoms with Gasteiger partial charge in [0.1, 0.15) is 0 Å². The van der Waals surface area contributed by atoms with Crippen LogP contribution in [0.15, 0.2) is 30.3 Å². The summed E-state index contributed by atoms with van der Waals surface area (Å²) in [6.45, 7) is 2.51. The molecule has 126 valence electrons. The van der Waals surface area contributed by atoms with Crippen molar-refractivity contribution in [3.63, 3.8) is 0 Å². The lowest BCUT2D eigenvalue weighted by Gasteiger charge is -2.29. The molecule has 1 aliphatic heterocycles. The monoisotopic (exact) mass is 327 g/mol. The van der Waals surface area contributed by atoms with Crippen molar-refractivity contribution < 1.29 is 14.6 Å². The molecule has 2 heterocycles. The lowest BCUT2D eigenvalue weighted by atomic mass is 10.0. The molecule has 0 fully saturated rings. The SMILES string of the molecule is CCCc1cc(OCC(=O)O)nc(N2CCCc3ccccc32)n1. The molecule has 1 N–H and O–H groups in total. The highest BCUT2D eigenvalue weighted by molar-refractivity contribution is 5.68. The summed E-state index contributed by atoms with van der Waals surface area (Å²) in [7, 11) is 0. The number of aromatic nitrogens is 2. The summed E-state index contributed by atoms with van der Waals surface area (Å²) >= 11 is 0. The number of aliphatic carboxylic acids is 1. The molecule has 24 heavy (non-hydrogen) atoms. The molecule has 0 amide bonds. The van der Waals surface area contributed by atoms with Gasteiger partial charge in [-0.2, -0.15) is 4.98 Å². The van der Waals surface area contributed by atoms with Crippen LogP contribution in [0.1, 0.15) is 31.0 Å². The van der Waals surface area contributed by atoms with Gasteiger partial charge in [-0.05, 0) is 30.9 Å². The van der Waals surface area contributed by atoms with Crippen LogP contribution in [0.4, 0.5) is 11.6 Å². The first kappa shape index (κ1) is 16.2. The van der Waals surface area contributed by atoms with Gasteiger partial charge < -0.3 is 14.7 Å². The molecule has 2 aromatic rings. The summed E-state index contributed by atoms with van der Waals surface area (Å²) in [5.74, 6) is -0.127. The minimum Gasteiger partial charge on any atom is -0.479 e. The Morgan fingerprint density at radius 2 is 2.17 bits per heavy atom. The number of carboxylic acid groups (broad SMARTS) is 1. The second-order valence-electron chi connectivity index (χ2n) is 5.81. The third kappa shape index (κ3) is 3.64. The van der Waals surface area contributed by atoms with Crippen molar-refractivity contribution in [3.05, 3.63) is 41.6 Å². The Balaban J connectivity index is 1.96. The number of fused-ring (bicyclic) bond motifs is 1. The predicted octanol–water partition coefficient (Wildman–Crippen LogP) is 2.98. The van der Waals surface area contributed by atoms with Crippen molar-refractivity contribution in [2.45, 2.75) is 32.6 Å². The highest BCUT2D eigenvalue weighted by atomic mass is 16.5. The molecular weight excluding hydrogens is 306 g/mol. The molecule has 0 saturated heterocycles. The Morgan fingerprint density at radius 3 is 2.96 bits per heavy atom. The van der Waals surface area contributed by atoms with E-state index in [0.29, 0.717) is 11.8 Å². The van der Waals surface area contributed by atoms with Crippen LogP contribution in [0.2, 0.25) is 0 Å². The average molecular weight is 327 g/mol. The van der Waals surface area contributed by atoms with Crippen LogP contribution in [0.5, 0.6) is 5.88 Å². The maximum atomic E-state index is 10.8. The fourth-order valence-electron chi connectivity index (χ4n) is 2.91. The zero-order chi connectivity index (χ0) is 16.9. The Morgan fingerprint density at radius 1 is 1.33 bits per heavy atom. The molecular formula is C18H21N3O3. The number of rotatable bonds is 6. The summed E-state index contributed by atoms with van der Waals surface area (Å²) in [4.78, 5) is 21.9. The lowest BCUT2D eigenvalue weighted by molar-refractivity contribution is -0.139. The Hall–Kier alpha value is -2.63. The van der Waals surface area contributed by atoms with Crippen molar-refractivity contribution in [2.24, 2.45) is 0 Å². The van der Waals surface area contributed by atoms with Gasteiger partial charge in [0.15, 0.2) is 6.61 Å². The Bertz CT molecular complexity index is 733. The number of hydrogen-bond donors (Lipinski definition) is 1. The van der Waals surface area contributed by atoms with Crippen LogP contribution in [0.25, 0.3) is 0 Å². The van der Waals surface area contributed by atoms with E-state index in [9.17, 15) is 4.79 Å². The number of aryl methyl sites for hydroxylation is 2. The van der Waals surface area contributed by atoms with Gasteiger partial charge in [0.05, 0.1) is 0 Å². The normalized spacial score (nSPS) is 13.5.